The Balaban J connectivity index is 2.58. The molecule has 0 aliphatic heterocycles. The molecule has 0 bridgehead atoms. The fourth-order valence-electron chi connectivity index (χ4n) is 1.22. The third-order valence-corrected chi connectivity index (χ3v) is 2.02. The van der Waals surface area contributed by atoms with E-state index in [-0.39, 0.29) is 11.5 Å². The summed E-state index contributed by atoms with van der Waals surface area (Å²) in [5, 5.41) is 19.7. The highest BCUT2D eigenvalue weighted by molar-refractivity contribution is 5.36. The standard InChI is InChI=1S/C8H7F3N4O2/c1-17-7(16)6-13-12-5-3-2-4(8(9,10)11)14-15(5)6/h2-3,7,16H,1H3. The number of hydrogen-bond acceptors (Lipinski definition) is 5. The summed E-state index contributed by atoms with van der Waals surface area (Å²) in [5.41, 5.74) is -1.02. The summed E-state index contributed by atoms with van der Waals surface area (Å²) in [4.78, 5) is 0. The van der Waals surface area contributed by atoms with Crippen molar-refractivity contribution in [2.75, 3.05) is 7.11 Å². The van der Waals surface area contributed by atoms with Gasteiger partial charge in [0.05, 0.1) is 0 Å². The van der Waals surface area contributed by atoms with Crippen molar-refractivity contribution >= 4 is 5.65 Å². The van der Waals surface area contributed by atoms with E-state index in [1.807, 2.05) is 0 Å². The van der Waals surface area contributed by atoms with Crippen molar-refractivity contribution in [2.24, 2.45) is 0 Å². The molecule has 2 rings (SSSR count). The first-order chi connectivity index (χ1) is 7.93. The van der Waals surface area contributed by atoms with Crippen LogP contribution < -0.4 is 0 Å². The van der Waals surface area contributed by atoms with Crippen molar-refractivity contribution in [1.82, 2.24) is 19.8 Å². The van der Waals surface area contributed by atoms with Crippen molar-refractivity contribution < 1.29 is 23.0 Å². The molecular weight excluding hydrogens is 241 g/mol. The van der Waals surface area contributed by atoms with Gasteiger partial charge in [-0.2, -0.15) is 22.8 Å². The van der Waals surface area contributed by atoms with Crippen molar-refractivity contribution in [1.29, 1.82) is 0 Å². The van der Waals surface area contributed by atoms with Gasteiger partial charge in [0, 0.05) is 7.11 Å². The van der Waals surface area contributed by atoms with Crippen LogP contribution in [0.4, 0.5) is 13.2 Å². The van der Waals surface area contributed by atoms with Crippen LogP contribution in [-0.4, -0.2) is 32.0 Å². The molecule has 1 N–H and O–H groups in total. The molecule has 0 aliphatic rings. The van der Waals surface area contributed by atoms with Crippen molar-refractivity contribution in [3.63, 3.8) is 0 Å². The number of hydrogen-bond donors (Lipinski definition) is 1. The molecule has 0 aromatic carbocycles. The second-order valence-corrected chi connectivity index (χ2v) is 3.13. The molecule has 1 unspecified atom stereocenters. The first-order valence-electron chi connectivity index (χ1n) is 4.44. The lowest BCUT2D eigenvalue weighted by atomic mass is 10.4. The zero-order valence-electron chi connectivity index (χ0n) is 8.51. The average Bonchev–Trinajstić information content (AvgIpc) is 2.69. The molecule has 17 heavy (non-hydrogen) atoms. The van der Waals surface area contributed by atoms with Crippen molar-refractivity contribution in [3.05, 3.63) is 23.7 Å². The van der Waals surface area contributed by atoms with Gasteiger partial charge >= 0.3 is 6.18 Å². The maximum Gasteiger partial charge on any atom is 0.435 e. The quantitative estimate of drug-likeness (QED) is 0.795. The van der Waals surface area contributed by atoms with Gasteiger partial charge in [-0.1, -0.05) is 0 Å². The molecule has 0 spiro atoms. The van der Waals surface area contributed by atoms with E-state index in [4.69, 9.17) is 0 Å². The number of nitrogens with zero attached hydrogens (tertiary/aromatic N) is 4. The van der Waals surface area contributed by atoms with E-state index in [2.05, 4.69) is 20.0 Å². The highest BCUT2D eigenvalue weighted by Gasteiger charge is 2.33. The molecule has 92 valence electrons. The number of aliphatic hydroxyl groups excluding tert-OH is 1. The van der Waals surface area contributed by atoms with Gasteiger partial charge in [-0.25, -0.2) is 0 Å². The van der Waals surface area contributed by atoms with E-state index in [1.54, 1.807) is 0 Å². The third-order valence-electron chi connectivity index (χ3n) is 2.02. The van der Waals surface area contributed by atoms with Crippen molar-refractivity contribution in [2.45, 2.75) is 12.5 Å². The Kier molecular flexibility index (Phi) is 2.71. The van der Waals surface area contributed by atoms with E-state index < -0.39 is 18.2 Å². The molecule has 0 amide bonds. The van der Waals surface area contributed by atoms with Gasteiger partial charge in [0.15, 0.2) is 11.3 Å². The van der Waals surface area contributed by atoms with Gasteiger partial charge in [0.25, 0.3) is 0 Å². The van der Waals surface area contributed by atoms with E-state index in [0.29, 0.717) is 0 Å². The molecule has 0 saturated heterocycles. The highest BCUT2D eigenvalue weighted by Crippen LogP contribution is 2.27. The molecule has 9 heteroatoms. The Hall–Kier alpha value is -1.74. The normalized spacial score (nSPS) is 14.2. The zero-order valence-corrected chi connectivity index (χ0v) is 8.51. The molecule has 6 nitrogen and oxygen atoms in total. The summed E-state index contributed by atoms with van der Waals surface area (Å²) in [7, 11) is 1.18. The molecule has 2 aromatic heterocycles. The summed E-state index contributed by atoms with van der Waals surface area (Å²) in [5.74, 6) is -0.214. The smallest absolute Gasteiger partial charge is 0.362 e. The van der Waals surface area contributed by atoms with Crippen LogP contribution >= 0.6 is 0 Å². The Morgan fingerprint density at radius 3 is 2.65 bits per heavy atom. The molecule has 2 aromatic rings. The summed E-state index contributed by atoms with van der Waals surface area (Å²) in [6, 6.07) is 1.89. The van der Waals surface area contributed by atoms with Crippen LogP contribution in [-0.2, 0) is 10.9 Å². The molecule has 0 fully saturated rings. The number of aliphatic hydroxyl groups is 1. The minimum atomic E-state index is -4.58. The van der Waals surface area contributed by atoms with Gasteiger partial charge in [-0.15, -0.1) is 10.2 Å². The Morgan fingerprint density at radius 1 is 1.35 bits per heavy atom. The largest absolute Gasteiger partial charge is 0.435 e. The lowest BCUT2D eigenvalue weighted by Gasteiger charge is -2.08. The lowest BCUT2D eigenvalue weighted by Crippen LogP contribution is -2.13. The Labute approximate surface area is 92.6 Å². The number of rotatable bonds is 2. The maximum atomic E-state index is 12.4. The second-order valence-electron chi connectivity index (χ2n) is 3.13. The molecule has 0 aliphatic carbocycles. The van der Waals surface area contributed by atoms with Gasteiger partial charge in [-0.3, -0.25) is 0 Å². The Bertz CT molecular complexity index is 539. The minimum Gasteiger partial charge on any atom is -0.362 e. The van der Waals surface area contributed by atoms with Crippen LogP contribution in [0.3, 0.4) is 0 Å². The predicted molar refractivity (Wildman–Crippen MR) is 47.8 cm³/mol. The monoisotopic (exact) mass is 248 g/mol. The van der Waals surface area contributed by atoms with Gasteiger partial charge in [-0.05, 0) is 12.1 Å². The van der Waals surface area contributed by atoms with Gasteiger partial charge in [0.2, 0.25) is 12.1 Å². The van der Waals surface area contributed by atoms with Crippen LogP contribution in [0, 0.1) is 0 Å². The van der Waals surface area contributed by atoms with Crippen LogP contribution in [0.1, 0.15) is 17.8 Å². The summed E-state index contributed by atoms with van der Waals surface area (Å²) < 4.78 is 42.6. The topological polar surface area (TPSA) is 72.5 Å². The third kappa shape index (κ3) is 2.06. The molecule has 2 heterocycles. The Morgan fingerprint density at radius 2 is 2.06 bits per heavy atom. The summed E-state index contributed by atoms with van der Waals surface area (Å²) in [6.45, 7) is 0. The number of aromatic nitrogens is 4. The minimum absolute atomic E-state index is 0.0871. The summed E-state index contributed by atoms with van der Waals surface area (Å²) in [6.07, 6.45) is -6.06. The number of alkyl halides is 3. The fourth-order valence-corrected chi connectivity index (χ4v) is 1.22. The molecule has 1 atom stereocenters. The first kappa shape index (κ1) is 11.7. The molecular formula is C8H7F3N4O2. The number of methoxy groups -OCH3 is 1. The number of fused-ring (bicyclic) bond motifs is 1. The van der Waals surface area contributed by atoms with E-state index in [1.165, 1.54) is 7.11 Å². The van der Waals surface area contributed by atoms with Crippen LogP contribution in [0.2, 0.25) is 0 Å². The van der Waals surface area contributed by atoms with Crippen molar-refractivity contribution in [3.8, 4) is 0 Å². The number of halogens is 3. The summed E-state index contributed by atoms with van der Waals surface area (Å²) >= 11 is 0. The fraction of sp³-hybridized carbons (Fsp3) is 0.375. The maximum absolute atomic E-state index is 12.4. The average molecular weight is 248 g/mol. The van der Waals surface area contributed by atoms with Crippen LogP contribution in [0.25, 0.3) is 5.65 Å². The number of ether oxygens (including phenoxy) is 1. The van der Waals surface area contributed by atoms with Crippen LogP contribution in [0.15, 0.2) is 12.1 Å². The second kappa shape index (κ2) is 3.93. The van der Waals surface area contributed by atoms with E-state index in [0.717, 1.165) is 16.6 Å². The molecule has 0 radical (unpaired) electrons. The van der Waals surface area contributed by atoms with E-state index in [9.17, 15) is 18.3 Å². The lowest BCUT2D eigenvalue weighted by molar-refractivity contribution is -0.142. The highest BCUT2D eigenvalue weighted by atomic mass is 19.4. The van der Waals surface area contributed by atoms with Gasteiger partial charge < -0.3 is 9.84 Å². The first-order valence-corrected chi connectivity index (χ1v) is 4.44. The zero-order chi connectivity index (χ0) is 12.6. The molecule has 0 saturated carbocycles. The SMILES string of the molecule is COC(O)c1nnc2ccc(C(F)(F)F)nn12. The predicted octanol–water partition coefficient (Wildman–Crippen LogP) is 0.780. The van der Waals surface area contributed by atoms with Crippen LogP contribution in [0.5, 0.6) is 0 Å². The van der Waals surface area contributed by atoms with E-state index >= 15 is 0 Å². The van der Waals surface area contributed by atoms with Gasteiger partial charge in [0.1, 0.15) is 0 Å².